The molecule has 0 fully saturated rings. The number of para-hydroxylation sites is 1. The number of aliphatic imine (C=N–C) groups is 1. The third-order valence-corrected chi connectivity index (χ3v) is 4.61. The van der Waals surface area contributed by atoms with Gasteiger partial charge >= 0.3 is 5.97 Å². The fraction of sp³-hybridized carbons (Fsp3) is 0.120. The molecule has 0 bridgehead atoms. The standard InChI is InChI=1S/C25H21NO3/c1-17-10-12-19(13-11-17)16-28-23-9-4-3-7-20(23)15-22-25(27)29-24(26-22)21-8-5-6-18(2)14-21/h3-15H,16H2,1-2H3/b22-15-. The van der Waals surface area contributed by atoms with Crippen LogP contribution in [-0.2, 0) is 16.1 Å². The summed E-state index contributed by atoms with van der Waals surface area (Å²) < 4.78 is 11.4. The number of esters is 1. The Morgan fingerprint density at radius 3 is 2.52 bits per heavy atom. The molecule has 144 valence electrons. The molecule has 0 saturated heterocycles. The van der Waals surface area contributed by atoms with Gasteiger partial charge in [0.1, 0.15) is 12.4 Å². The molecule has 0 radical (unpaired) electrons. The molecule has 29 heavy (non-hydrogen) atoms. The molecule has 1 aliphatic rings. The summed E-state index contributed by atoms with van der Waals surface area (Å²) in [6.45, 7) is 4.49. The van der Waals surface area contributed by atoms with Crippen LogP contribution in [0.1, 0.15) is 27.8 Å². The van der Waals surface area contributed by atoms with Crippen LogP contribution in [0.5, 0.6) is 5.75 Å². The quantitative estimate of drug-likeness (QED) is 0.448. The second-order valence-corrected chi connectivity index (χ2v) is 7.02. The molecule has 0 atom stereocenters. The average Bonchev–Trinajstić information content (AvgIpc) is 3.09. The highest BCUT2D eigenvalue weighted by molar-refractivity contribution is 6.13. The van der Waals surface area contributed by atoms with E-state index in [1.807, 2.05) is 67.6 Å². The second-order valence-electron chi connectivity index (χ2n) is 7.02. The second kappa shape index (κ2) is 8.15. The van der Waals surface area contributed by atoms with Gasteiger partial charge in [-0.1, -0.05) is 65.7 Å². The smallest absolute Gasteiger partial charge is 0.363 e. The lowest BCUT2D eigenvalue weighted by atomic mass is 10.1. The summed E-state index contributed by atoms with van der Waals surface area (Å²) in [7, 11) is 0. The third-order valence-electron chi connectivity index (χ3n) is 4.61. The van der Waals surface area contributed by atoms with Crippen molar-refractivity contribution in [3.05, 3.63) is 106 Å². The Bertz CT molecular complexity index is 1110. The van der Waals surface area contributed by atoms with Gasteiger partial charge < -0.3 is 9.47 Å². The van der Waals surface area contributed by atoms with Crippen LogP contribution < -0.4 is 4.74 Å². The van der Waals surface area contributed by atoms with Gasteiger partial charge in [-0.2, -0.15) is 0 Å². The first-order valence-corrected chi connectivity index (χ1v) is 9.45. The Kier molecular flexibility index (Phi) is 5.25. The molecule has 4 nitrogen and oxygen atoms in total. The molecule has 1 heterocycles. The van der Waals surface area contributed by atoms with Crippen LogP contribution in [0.15, 0.2) is 83.5 Å². The zero-order valence-electron chi connectivity index (χ0n) is 16.4. The maximum absolute atomic E-state index is 12.3. The van der Waals surface area contributed by atoms with Crippen molar-refractivity contribution in [3.8, 4) is 5.75 Å². The summed E-state index contributed by atoms with van der Waals surface area (Å²) in [6, 6.07) is 23.5. The number of rotatable bonds is 5. The van der Waals surface area contributed by atoms with Crippen molar-refractivity contribution >= 4 is 17.9 Å². The Labute approximate surface area is 170 Å². The fourth-order valence-corrected chi connectivity index (χ4v) is 3.03. The zero-order chi connectivity index (χ0) is 20.2. The minimum absolute atomic E-state index is 0.257. The molecule has 0 amide bonds. The van der Waals surface area contributed by atoms with Gasteiger partial charge in [-0.05, 0) is 43.7 Å². The van der Waals surface area contributed by atoms with E-state index in [0.717, 1.165) is 22.3 Å². The minimum atomic E-state index is -0.463. The molecule has 0 N–H and O–H groups in total. The van der Waals surface area contributed by atoms with Gasteiger partial charge in [0.05, 0.1) is 0 Å². The number of nitrogens with zero attached hydrogens (tertiary/aromatic N) is 1. The molecule has 0 saturated carbocycles. The molecule has 3 aromatic rings. The van der Waals surface area contributed by atoms with Crippen molar-refractivity contribution in [2.75, 3.05) is 0 Å². The summed E-state index contributed by atoms with van der Waals surface area (Å²) in [5.74, 6) is 0.547. The molecule has 0 aliphatic carbocycles. The lowest BCUT2D eigenvalue weighted by molar-refractivity contribution is -0.129. The highest BCUT2D eigenvalue weighted by Gasteiger charge is 2.24. The van der Waals surface area contributed by atoms with Gasteiger partial charge in [-0.25, -0.2) is 9.79 Å². The predicted molar refractivity (Wildman–Crippen MR) is 114 cm³/mol. The number of hydrogen-bond acceptors (Lipinski definition) is 4. The molecule has 0 spiro atoms. The van der Waals surface area contributed by atoms with Crippen molar-refractivity contribution < 1.29 is 14.3 Å². The van der Waals surface area contributed by atoms with Gasteiger partial charge in [0.15, 0.2) is 5.70 Å². The molecule has 1 aliphatic heterocycles. The molecule has 4 rings (SSSR count). The lowest BCUT2D eigenvalue weighted by Crippen LogP contribution is -2.05. The van der Waals surface area contributed by atoms with E-state index in [-0.39, 0.29) is 5.70 Å². The Morgan fingerprint density at radius 2 is 1.72 bits per heavy atom. The lowest BCUT2D eigenvalue weighted by Gasteiger charge is -2.09. The number of ether oxygens (including phenoxy) is 2. The van der Waals surface area contributed by atoms with Crippen LogP contribution in [0.4, 0.5) is 0 Å². The Morgan fingerprint density at radius 1 is 0.931 bits per heavy atom. The predicted octanol–water partition coefficient (Wildman–Crippen LogP) is 5.23. The number of carbonyl (C=O) groups is 1. The summed E-state index contributed by atoms with van der Waals surface area (Å²) in [5, 5.41) is 0. The number of benzene rings is 3. The topological polar surface area (TPSA) is 47.9 Å². The largest absolute Gasteiger partial charge is 0.488 e. The first-order valence-electron chi connectivity index (χ1n) is 9.45. The van der Waals surface area contributed by atoms with Crippen molar-refractivity contribution in [2.24, 2.45) is 4.99 Å². The van der Waals surface area contributed by atoms with Crippen LogP contribution in [0.25, 0.3) is 6.08 Å². The summed E-state index contributed by atoms with van der Waals surface area (Å²) in [5.41, 5.74) is 5.19. The van der Waals surface area contributed by atoms with Crippen molar-refractivity contribution in [2.45, 2.75) is 20.5 Å². The number of hydrogen-bond donors (Lipinski definition) is 0. The van der Waals surface area contributed by atoms with E-state index >= 15 is 0 Å². The molecule has 0 aromatic heterocycles. The maximum atomic E-state index is 12.3. The van der Waals surface area contributed by atoms with Crippen LogP contribution in [-0.4, -0.2) is 11.9 Å². The van der Waals surface area contributed by atoms with E-state index in [0.29, 0.717) is 18.3 Å². The molecule has 4 heteroatoms. The van der Waals surface area contributed by atoms with E-state index < -0.39 is 5.97 Å². The normalized spacial score (nSPS) is 14.6. The van der Waals surface area contributed by atoms with Crippen LogP contribution in [0.3, 0.4) is 0 Å². The van der Waals surface area contributed by atoms with Crippen molar-refractivity contribution in [3.63, 3.8) is 0 Å². The van der Waals surface area contributed by atoms with E-state index in [2.05, 4.69) is 24.0 Å². The number of cyclic esters (lactones) is 1. The summed E-state index contributed by atoms with van der Waals surface area (Å²) in [4.78, 5) is 16.7. The van der Waals surface area contributed by atoms with E-state index in [1.54, 1.807) is 6.08 Å². The summed E-state index contributed by atoms with van der Waals surface area (Å²) in [6.07, 6.45) is 1.70. The Hall–Kier alpha value is -3.66. The molecular weight excluding hydrogens is 362 g/mol. The maximum Gasteiger partial charge on any atom is 0.363 e. The first kappa shape index (κ1) is 18.7. The number of carbonyl (C=O) groups excluding carboxylic acids is 1. The van der Waals surface area contributed by atoms with Crippen LogP contribution in [0.2, 0.25) is 0 Å². The van der Waals surface area contributed by atoms with Crippen LogP contribution >= 0.6 is 0 Å². The summed E-state index contributed by atoms with van der Waals surface area (Å²) >= 11 is 0. The third kappa shape index (κ3) is 4.43. The van der Waals surface area contributed by atoms with E-state index in [4.69, 9.17) is 9.47 Å². The van der Waals surface area contributed by atoms with E-state index in [9.17, 15) is 4.79 Å². The van der Waals surface area contributed by atoms with Crippen molar-refractivity contribution in [1.82, 2.24) is 0 Å². The Balaban J connectivity index is 1.57. The minimum Gasteiger partial charge on any atom is -0.488 e. The van der Waals surface area contributed by atoms with Gasteiger partial charge in [-0.15, -0.1) is 0 Å². The van der Waals surface area contributed by atoms with E-state index in [1.165, 1.54) is 5.56 Å². The molecular formula is C25H21NO3. The van der Waals surface area contributed by atoms with Gasteiger partial charge in [-0.3, -0.25) is 0 Å². The fourth-order valence-electron chi connectivity index (χ4n) is 3.03. The first-order chi connectivity index (χ1) is 14.1. The highest BCUT2D eigenvalue weighted by atomic mass is 16.6. The zero-order valence-corrected chi connectivity index (χ0v) is 16.4. The average molecular weight is 383 g/mol. The van der Waals surface area contributed by atoms with Gasteiger partial charge in [0, 0.05) is 11.1 Å². The molecule has 0 unspecified atom stereocenters. The van der Waals surface area contributed by atoms with Gasteiger partial charge in [0.2, 0.25) is 5.90 Å². The van der Waals surface area contributed by atoms with Gasteiger partial charge in [0.25, 0.3) is 0 Å². The SMILES string of the molecule is Cc1ccc(COc2ccccc2/C=C2\N=C(c3cccc(C)c3)OC2=O)cc1. The van der Waals surface area contributed by atoms with Crippen molar-refractivity contribution in [1.29, 1.82) is 0 Å². The monoisotopic (exact) mass is 383 g/mol. The van der Waals surface area contributed by atoms with Crippen LogP contribution in [0, 0.1) is 13.8 Å². The highest BCUT2D eigenvalue weighted by Crippen LogP contribution is 2.25. The molecule has 3 aromatic carbocycles. The number of aryl methyl sites for hydroxylation is 2.